The third kappa shape index (κ3) is 21.1. The number of likely N-dealkylation sites (N-methyl/N-ethyl adjacent to an activating group) is 2. The maximum Gasteiger partial charge on any atom is 0.404 e. The number of ether oxygens (including phenoxy) is 3. The van der Waals surface area contributed by atoms with E-state index in [9.17, 15) is 48.6 Å². The molecule has 4 unspecified atom stereocenters. The zero-order valence-electron chi connectivity index (χ0n) is 70.8. The van der Waals surface area contributed by atoms with Gasteiger partial charge in [0.15, 0.2) is 5.75 Å². The largest absolute Gasteiger partial charge is 0.489 e. The Morgan fingerprint density at radius 1 is 0.597 bits per heavy atom. The van der Waals surface area contributed by atoms with Crippen LogP contribution in [0, 0.1) is 13.8 Å². The van der Waals surface area contributed by atoms with Crippen LogP contribution in [-0.4, -0.2) is 183 Å². The van der Waals surface area contributed by atoms with Crippen LogP contribution >= 0.6 is 15.9 Å². The third-order valence-electron chi connectivity index (χ3n) is 22.0. The van der Waals surface area contributed by atoms with Gasteiger partial charge in [0.25, 0.3) is 16.7 Å². The van der Waals surface area contributed by atoms with Gasteiger partial charge in [-0.15, -0.1) is 0 Å². The Labute approximate surface area is 749 Å². The summed E-state index contributed by atoms with van der Waals surface area (Å²) in [6, 6.07) is 48.9. The van der Waals surface area contributed by atoms with Crippen molar-refractivity contribution in [1.29, 1.82) is 0 Å². The predicted molar refractivity (Wildman–Crippen MR) is 489 cm³/mol. The molecule has 5 aromatic carbocycles. The molecule has 3 aliphatic heterocycles. The van der Waals surface area contributed by atoms with Gasteiger partial charge in [0.2, 0.25) is 42.8 Å². The highest BCUT2D eigenvalue weighted by atomic mass is 79.9. The minimum atomic E-state index is -4.95. The van der Waals surface area contributed by atoms with Crippen LogP contribution in [-0.2, 0) is 62.1 Å². The van der Waals surface area contributed by atoms with Gasteiger partial charge in [0.1, 0.15) is 46.5 Å². The van der Waals surface area contributed by atoms with E-state index in [-0.39, 0.29) is 70.5 Å². The highest BCUT2D eigenvalue weighted by Gasteiger charge is 2.37. The van der Waals surface area contributed by atoms with Gasteiger partial charge >= 0.3 is 6.18 Å². The molecule has 3 fully saturated rings. The monoisotopic (exact) mass is 1870 g/mol. The van der Waals surface area contributed by atoms with Gasteiger partial charge in [-0.2, -0.15) is 28.1 Å². The van der Waals surface area contributed by atoms with Crippen LogP contribution in [0.15, 0.2) is 258 Å². The molecule has 0 amide bonds. The summed E-state index contributed by atoms with van der Waals surface area (Å²) in [5.41, 5.74) is 7.60. The van der Waals surface area contributed by atoms with Gasteiger partial charge in [-0.3, -0.25) is 33.1 Å². The molecule has 38 heteroatoms. The molecule has 10 aromatic heterocycles. The van der Waals surface area contributed by atoms with Gasteiger partial charge in [-0.05, 0) is 213 Å². The number of anilines is 6. The Bertz CT molecular complexity index is 7100. The number of imidazole rings is 1. The van der Waals surface area contributed by atoms with Crippen LogP contribution in [0.5, 0.6) is 11.5 Å². The van der Waals surface area contributed by atoms with E-state index in [0.717, 1.165) is 116 Å². The van der Waals surface area contributed by atoms with Crippen molar-refractivity contribution in [2.45, 2.75) is 92.1 Å². The average molecular weight is 1870 g/mol. The van der Waals surface area contributed by atoms with E-state index < -0.39 is 54.7 Å². The van der Waals surface area contributed by atoms with Crippen LogP contribution in [0.4, 0.5) is 48.1 Å². The number of piperidine rings is 1. The summed E-state index contributed by atoms with van der Waals surface area (Å²) < 4.78 is 133. The number of pyridine rings is 4. The Morgan fingerprint density at radius 2 is 1.18 bits per heavy atom. The SMILES string of the molecule is Cc1cccc(S(=O)c2ccncc2)c1Cn1c(=O)c(Br)cc2cnc(Nc3ccc(C4CN(C)CCO4)cc3)nc21.Cc1ccccc1-c1cc2cnc(Nc3ccc(OC4CCN(C)C4)cc3)nc2n(Cc2ccoc2S(C)(=O)=O)c1=O.Cn1ccnc1-c1cc2cnc(Nc3ccc(OC4CCCNC4)cc3)nc2n(Cc2cccn2S(=O)(=O)CC(F)(F)F)c1=O. The van der Waals surface area contributed by atoms with E-state index >= 15 is 0 Å². The lowest BCUT2D eigenvalue weighted by atomic mass is 10.0. The van der Waals surface area contributed by atoms with Crippen molar-refractivity contribution in [1.82, 2.24) is 77.2 Å². The molecule has 0 spiro atoms. The number of halogens is 4. The number of benzene rings is 5. The molecule has 666 valence electrons. The topological polar surface area (TPSA) is 360 Å². The first-order chi connectivity index (χ1) is 62.0. The Hall–Kier alpha value is -13.0. The minimum absolute atomic E-state index is 0.0434. The van der Waals surface area contributed by atoms with E-state index in [4.69, 9.17) is 28.6 Å². The minimum Gasteiger partial charge on any atom is -0.489 e. The normalized spacial score (nSPS) is 16.0. The van der Waals surface area contributed by atoms with Gasteiger partial charge in [0.05, 0.1) is 65.1 Å². The summed E-state index contributed by atoms with van der Waals surface area (Å²) in [4.78, 5) is 82.9. The van der Waals surface area contributed by atoms with Crippen molar-refractivity contribution in [2.24, 2.45) is 7.05 Å². The van der Waals surface area contributed by atoms with E-state index in [1.54, 1.807) is 95.7 Å². The number of rotatable bonds is 24. The summed E-state index contributed by atoms with van der Waals surface area (Å²) >= 11 is 3.41. The fraction of sp³-hybridized carbons (Fsp3) is 0.264. The second kappa shape index (κ2) is 38.5. The number of hydrogen-bond donors (Lipinski definition) is 4. The van der Waals surface area contributed by atoms with Crippen LogP contribution < -0.4 is 47.4 Å². The number of morpholine rings is 1. The molecule has 0 saturated carbocycles. The summed E-state index contributed by atoms with van der Waals surface area (Å²) in [6.45, 7) is 9.84. The maximum absolute atomic E-state index is 14.0. The van der Waals surface area contributed by atoms with Gasteiger partial charge in [-0.1, -0.05) is 48.5 Å². The third-order valence-corrected chi connectivity index (χ3v) is 26.8. The highest BCUT2D eigenvalue weighted by molar-refractivity contribution is 9.10. The summed E-state index contributed by atoms with van der Waals surface area (Å²) in [5, 5.41) is 14.5. The standard InChI is InChI=1S/C31H29BrN6O3S.C31H31N5O5S.C29H29F3N8O4S/c1-20-4-3-5-28(42(40)24-10-12-33-13-11-24)25(20)18-38-29-22(16-26(32)30(38)39)17-34-31(36-29)35-23-8-6-21(7-9-23)27-19-37(2)14-15-41-27;1-20-6-4-5-7-26(20)27-16-22-17-32-31(33-23-8-10-24(11-9-23)41-25-12-14-35(2)19-25)34-28(22)36(29(27)37)18-21-13-15-40-30(21)42(3,38)39;1-38-13-11-34-26(38)24-14-19-15-35-28(36-20-6-8-22(9-7-20)44-23-5-2-10-33-16-23)37-25(19)39(27(24)41)17-21-4-3-12-40(21)45(42,43)18-29(30,31)32/h3-13,16-17,27H,14-15,18-19H2,1-2H3,(H,34,35,36);4-11,13,15-17,25H,12,14,18-19H2,1-3H3,(H,32,33,34);3-4,6-9,11-15,23,33H,2,5,10,16-18H2,1H3,(H,35,36,37). The number of aryl methyl sites for hydroxylation is 3. The number of nitrogens with one attached hydrogen (secondary N) is 4. The van der Waals surface area contributed by atoms with E-state index in [1.165, 1.54) is 39.9 Å². The fourth-order valence-corrected chi connectivity index (χ4v) is 19.4. The van der Waals surface area contributed by atoms with Crippen molar-refractivity contribution in [3.8, 4) is 34.0 Å². The summed E-state index contributed by atoms with van der Waals surface area (Å²) in [6.07, 6.45) is 13.1. The number of sulfone groups is 1. The fourth-order valence-electron chi connectivity index (χ4n) is 15.6. The first kappa shape index (κ1) is 89.4. The van der Waals surface area contributed by atoms with Crippen molar-refractivity contribution >= 4 is 115 Å². The van der Waals surface area contributed by atoms with Crippen LogP contribution in [0.1, 0.15) is 58.9 Å². The molecule has 18 rings (SSSR count). The molecular weight excluding hydrogens is 1780 g/mol. The van der Waals surface area contributed by atoms with Crippen LogP contribution in [0.2, 0.25) is 0 Å². The molecule has 31 nitrogen and oxygen atoms in total. The van der Waals surface area contributed by atoms with Crippen molar-refractivity contribution < 1.29 is 52.8 Å². The second-order valence-electron chi connectivity index (χ2n) is 31.6. The number of furan rings is 1. The van der Waals surface area contributed by atoms with E-state index in [2.05, 4.69) is 91.0 Å². The molecule has 15 aromatic rings. The van der Waals surface area contributed by atoms with E-state index in [1.807, 2.05) is 117 Å². The molecule has 0 aliphatic carbocycles. The molecule has 4 atom stereocenters. The average Bonchev–Trinajstić information content (AvgIpc) is 1.75. The van der Waals surface area contributed by atoms with Crippen LogP contribution in [0.25, 0.3) is 55.6 Å². The molecule has 3 aliphatic rings. The van der Waals surface area contributed by atoms with Crippen molar-refractivity contribution in [3.63, 3.8) is 0 Å². The lowest BCUT2D eigenvalue weighted by molar-refractivity contribution is -0.106. The number of fused-ring (bicyclic) bond motifs is 3. The molecular formula is C91H89BrF3N19O12S3. The predicted octanol–water partition coefficient (Wildman–Crippen LogP) is 13.5. The highest BCUT2D eigenvalue weighted by Crippen LogP contribution is 2.33. The molecule has 4 N–H and O–H groups in total. The Kier molecular flexibility index (Phi) is 26.7. The van der Waals surface area contributed by atoms with Crippen molar-refractivity contribution in [3.05, 3.63) is 289 Å². The van der Waals surface area contributed by atoms with Crippen LogP contribution in [0.3, 0.4) is 0 Å². The maximum atomic E-state index is 14.0. The molecule has 13 heterocycles. The summed E-state index contributed by atoms with van der Waals surface area (Å²) in [5.74, 6) is 0.593. The van der Waals surface area contributed by atoms with E-state index in [0.29, 0.717) is 92.6 Å². The number of nitrogens with zero attached hydrogens (tertiary/aromatic N) is 15. The molecule has 129 heavy (non-hydrogen) atoms. The zero-order valence-corrected chi connectivity index (χ0v) is 74.8. The van der Waals surface area contributed by atoms with Crippen molar-refractivity contribution in [2.75, 3.05) is 87.9 Å². The Morgan fingerprint density at radius 3 is 1.76 bits per heavy atom. The van der Waals surface area contributed by atoms with Gasteiger partial charge in [0, 0.05) is 150 Å². The smallest absolute Gasteiger partial charge is 0.404 e. The zero-order chi connectivity index (χ0) is 90.4. The van der Waals surface area contributed by atoms with Gasteiger partial charge in [-0.25, -0.2) is 45.0 Å². The second-order valence-corrected chi connectivity index (χ2v) is 37.7. The number of aromatic nitrogens is 13. The quantitative estimate of drug-likeness (QED) is 0.0436. The summed E-state index contributed by atoms with van der Waals surface area (Å²) in [7, 11) is -4.02. The number of alkyl halides is 3. The molecule has 0 bridgehead atoms. The molecule has 3 saturated heterocycles. The number of likely N-dealkylation sites (tertiary alicyclic amines) is 1. The number of hydrogen-bond acceptors (Lipinski definition) is 26. The van der Waals surface area contributed by atoms with Gasteiger partial charge < -0.3 is 54.3 Å². The lowest BCUT2D eigenvalue weighted by Crippen LogP contribution is -2.37. The first-order valence-corrected chi connectivity index (χ1v) is 46.6. The lowest BCUT2D eigenvalue weighted by Gasteiger charge is -2.30. The molecule has 0 radical (unpaired) electrons. The first-order valence-electron chi connectivity index (χ1n) is 41.2. The Balaban J connectivity index is 0.000000142.